The number of rotatable bonds is 79. The topological polar surface area (TPSA) is 108 Å². The molecule has 0 radical (unpaired) electrons. The number of hydrogen-bond donors (Lipinski definition) is 1. The highest BCUT2D eigenvalue weighted by Gasteiger charge is 2.27. The molecule has 0 rings (SSSR count). The van der Waals surface area contributed by atoms with Gasteiger partial charge in [-0.2, -0.15) is 0 Å². The molecule has 0 aliphatic carbocycles. The highest BCUT2D eigenvalue weighted by molar-refractivity contribution is 7.47. The second kappa shape index (κ2) is 74.7. The molecule has 0 saturated heterocycles. The summed E-state index contributed by atoms with van der Waals surface area (Å²) in [4.78, 5) is 36.0. The Balaban J connectivity index is 3.87. The number of likely N-dealkylation sites (N-methyl/N-ethyl adjacent to an activating group) is 1. The van der Waals surface area contributed by atoms with E-state index in [0.717, 1.165) is 44.9 Å². The van der Waals surface area contributed by atoms with Crippen molar-refractivity contribution in [2.75, 3.05) is 47.5 Å². The molecule has 0 aliphatic heterocycles. The average molecular weight is 1330 g/mol. The Labute approximate surface area is 580 Å². The van der Waals surface area contributed by atoms with Crippen LogP contribution < -0.4 is 0 Å². The van der Waals surface area contributed by atoms with Gasteiger partial charge in [-0.25, -0.2) is 4.57 Å². The quantitative estimate of drug-likeness (QED) is 0.0211. The van der Waals surface area contributed by atoms with Gasteiger partial charge in [0.05, 0.1) is 27.7 Å². The maximum atomic E-state index is 12.9. The minimum Gasteiger partial charge on any atom is -0.462 e. The van der Waals surface area contributed by atoms with E-state index in [0.29, 0.717) is 17.4 Å². The van der Waals surface area contributed by atoms with Gasteiger partial charge in [-0.1, -0.05) is 411 Å². The van der Waals surface area contributed by atoms with Gasteiger partial charge in [0, 0.05) is 12.8 Å². The second-order valence-electron chi connectivity index (χ2n) is 29.9. The molecule has 552 valence electrons. The molecule has 0 bridgehead atoms. The first-order valence-electron chi connectivity index (χ1n) is 41.6. The third kappa shape index (κ3) is 79.4. The van der Waals surface area contributed by atoms with Gasteiger partial charge in [0.15, 0.2) is 6.10 Å². The second-order valence-corrected chi connectivity index (χ2v) is 31.3. The van der Waals surface area contributed by atoms with E-state index in [4.69, 9.17) is 18.5 Å². The number of phosphoric acid groups is 1. The fourth-order valence-corrected chi connectivity index (χ4v) is 13.6. The molecule has 9 nitrogen and oxygen atoms in total. The van der Waals surface area contributed by atoms with Crippen molar-refractivity contribution < 1.29 is 42.1 Å². The van der Waals surface area contributed by atoms with Crippen LogP contribution in [0.15, 0.2) is 24.3 Å². The molecule has 2 atom stereocenters. The number of nitrogens with zero attached hydrogens (tertiary/aromatic N) is 1. The van der Waals surface area contributed by atoms with Gasteiger partial charge in [0.25, 0.3) is 0 Å². The van der Waals surface area contributed by atoms with Crippen molar-refractivity contribution in [2.24, 2.45) is 0 Å². The molecule has 2 unspecified atom stereocenters. The van der Waals surface area contributed by atoms with Crippen molar-refractivity contribution in [2.45, 2.75) is 450 Å². The maximum Gasteiger partial charge on any atom is 0.472 e. The van der Waals surface area contributed by atoms with E-state index in [1.807, 2.05) is 21.1 Å². The van der Waals surface area contributed by atoms with E-state index < -0.39 is 26.5 Å². The fraction of sp³-hybridized carbons (Fsp3) is 0.928. The minimum atomic E-state index is -4.39. The molecule has 0 amide bonds. The minimum absolute atomic E-state index is 0.0365. The largest absolute Gasteiger partial charge is 0.472 e. The van der Waals surface area contributed by atoms with E-state index in [1.54, 1.807) is 0 Å². The van der Waals surface area contributed by atoms with Gasteiger partial charge >= 0.3 is 19.8 Å². The highest BCUT2D eigenvalue weighted by atomic mass is 31.2. The molecule has 0 aliphatic rings. The van der Waals surface area contributed by atoms with Crippen molar-refractivity contribution in [3.63, 3.8) is 0 Å². The normalized spacial score (nSPS) is 13.1. The Morgan fingerprint density at radius 1 is 0.333 bits per heavy atom. The lowest BCUT2D eigenvalue weighted by Gasteiger charge is -2.24. The van der Waals surface area contributed by atoms with E-state index in [2.05, 4.69) is 38.2 Å². The Bertz CT molecular complexity index is 1610. The molecule has 0 heterocycles. The lowest BCUT2D eigenvalue weighted by Crippen LogP contribution is -2.37. The predicted octanol–water partition coefficient (Wildman–Crippen LogP) is 27.6. The van der Waals surface area contributed by atoms with Gasteiger partial charge in [0.1, 0.15) is 19.8 Å². The summed E-state index contributed by atoms with van der Waals surface area (Å²) in [5, 5.41) is 0. The number of allylic oxidation sites excluding steroid dienone is 4. The number of phosphoric ester groups is 1. The zero-order chi connectivity index (χ0) is 67.6. The van der Waals surface area contributed by atoms with Crippen LogP contribution in [0, 0.1) is 0 Å². The average Bonchev–Trinajstić information content (AvgIpc) is 2.27. The highest BCUT2D eigenvalue weighted by Crippen LogP contribution is 2.43. The van der Waals surface area contributed by atoms with Crippen LogP contribution in [-0.4, -0.2) is 74.9 Å². The molecule has 0 aromatic rings. The summed E-state index contributed by atoms with van der Waals surface area (Å²) < 4.78 is 34.9. The van der Waals surface area contributed by atoms with E-state index in [1.165, 1.54) is 372 Å². The molecule has 0 saturated carbocycles. The van der Waals surface area contributed by atoms with Gasteiger partial charge in [0.2, 0.25) is 0 Å². The van der Waals surface area contributed by atoms with E-state index >= 15 is 0 Å². The summed E-state index contributed by atoms with van der Waals surface area (Å²) >= 11 is 0. The van der Waals surface area contributed by atoms with Crippen LogP contribution in [-0.2, 0) is 32.7 Å². The number of carbonyl (C=O) groups is 2. The van der Waals surface area contributed by atoms with Crippen molar-refractivity contribution in [1.29, 1.82) is 0 Å². The molecular formula is C83H163NO8P+. The number of ether oxygens (including phenoxy) is 2. The van der Waals surface area contributed by atoms with Gasteiger partial charge < -0.3 is 18.9 Å². The van der Waals surface area contributed by atoms with Crippen LogP contribution in [0.5, 0.6) is 0 Å². The molecule has 0 fully saturated rings. The molecular weight excluding hydrogens is 1170 g/mol. The summed E-state index contributed by atoms with van der Waals surface area (Å²) in [6.45, 7) is 4.52. The molecule has 93 heavy (non-hydrogen) atoms. The standard InChI is InChI=1S/C83H162NO8P/c1-6-8-10-12-14-16-18-20-22-24-26-28-30-32-34-36-38-40-41-42-43-44-46-48-50-52-54-56-58-60-62-64-66-68-70-72-74-76-83(86)92-81(80-91-93(87,88)90-78-77-84(3,4)5)79-89-82(85)75-73-71-69-67-65-63-61-59-57-55-53-51-49-47-45-39-37-35-33-31-29-27-25-23-21-19-17-15-13-11-9-7-2/h18,20,24,26,81H,6-17,19,21-23,25,27-80H2,1-5H3/p+1/b20-18-,26-24-. The Kier molecular flexibility index (Phi) is 73.5. The van der Waals surface area contributed by atoms with Crippen LogP contribution in [0.25, 0.3) is 0 Å². The maximum absolute atomic E-state index is 12.9. The Morgan fingerprint density at radius 2 is 0.581 bits per heavy atom. The summed E-state index contributed by atoms with van der Waals surface area (Å²) in [6.07, 6.45) is 96.3. The van der Waals surface area contributed by atoms with Crippen molar-refractivity contribution in [3.8, 4) is 0 Å². The zero-order valence-electron chi connectivity index (χ0n) is 63.3. The smallest absolute Gasteiger partial charge is 0.462 e. The fourth-order valence-electron chi connectivity index (χ4n) is 12.9. The van der Waals surface area contributed by atoms with Gasteiger partial charge in [-0.15, -0.1) is 0 Å². The first kappa shape index (κ1) is 91.5. The van der Waals surface area contributed by atoms with Crippen LogP contribution in [0.1, 0.15) is 444 Å². The summed E-state index contributed by atoms with van der Waals surface area (Å²) in [5.41, 5.74) is 0. The SMILES string of the molecule is CCCCCCC/C=C\C/C=C\CCCCCCCCCCCCCCCCCCCCCCCCCCCC(=O)OC(COC(=O)CCCCCCCCCCCCCCCCCCCCCCCCCCCCCCCCCC)COP(=O)(O)OCC[N+](C)(C)C. The first-order chi connectivity index (χ1) is 45.5. The predicted molar refractivity (Wildman–Crippen MR) is 404 cm³/mol. The Hall–Kier alpha value is -1.51. The van der Waals surface area contributed by atoms with E-state index in [9.17, 15) is 19.0 Å². The zero-order valence-corrected chi connectivity index (χ0v) is 64.2. The summed E-state index contributed by atoms with van der Waals surface area (Å²) in [5.74, 6) is -0.767. The third-order valence-electron chi connectivity index (χ3n) is 19.2. The lowest BCUT2D eigenvalue weighted by molar-refractivity contribution is -0.870. The molecule has 1 N–H and O–H groups in total. The van der Waals surface area contributed by atoms with E-state index in [-0.39, 0.29) is 25.6 Å². The first-order valence-corrected chi connectivity index (χ1v) is 43.1. The molecule has 10 heteroatoms. The van der Waals surface area contributed by atoms with Crippen molar-refractivity contribution in [1.82, 2.24) is 0 Å². The number of carbonyl (C=O) groups excluding carboxylic acids is 2. The summed E-state index contributed by atoms with van der Waals surface area (Å²) in [6, 6.07) is 0. The third-order valence-corrected chi connectivity index (χ3v) is 20.2. The van der Waals surface area contributed by atoms with Crippen LogP contribution in [0.4, 0.5) is 0 Å². The van der Waals surface area contributed by atoms with Crippen molar-refractivity contribution >= 4 is 19.8 Å². The van der Waals surface area contributed by atoms with Crippen LogP contribution in [0.3, 0.4) is 0 Å². The number of unbranched alkanes of at least 4 members (excludes halogenated alkanes) is 61. The lowest BCUT2D eigenvalue weighted by atomic mass is 10.0. The van der Waals surface area contributed by atoms with Crippen LogP contribution in [0.2, 0.25) is 0 Å². The molecule has 0 spiro atoms. The van der Waals surface area contributed by atoms with Gasteiger partial charge in [-0.05, 0) is 44.9 Å². The van der Waals surface area contributed by atoms with Gasteiger partial charge in [-0.3, -0.25) is 18.6 Å². The van der Waals surface area contributed by atoms with Crippen molar-refractivity contribution in [3.05, 3.63) is 24.3 Å². The monoisotopic (exact) mass is 1330 g/mol. The Morgan fingerprint density at radius 3 is 0.849 bits per heavy atom. The number of quaternary nitrogens is 1. The molecule has 0 aromatic heterocycles. The van der Waals surface area contributed by atoms with Crippen LogP contribution >= 0.6 is 7.82 Å². The number of esters is 2. The molecule has 0 aromatic carbocycles. The number of hydrogen-bond acceptors (Lipinski definition) is 7. The summed E-state index contributed by atoms with van der Waals surface area (Å²) in [7, 11) is 1.51.